The summed E-state index contributed by atoms with van der Waals surface area (Å²) in [5, 5.41) is 2.96. The lowest BCUT2D eigenvalue weighted by atomic mass is 10.0. The summed E-state index contributed by atoms with van der Waals surface area (Å²) in [6.07, 6.45) is 2.08. The maximum atomic E-state index is 14.6. The predicted octanol–water partition coefficient (Wildman–Crippen LogP) is 5.38. The van der Waals surface area contributed by atoms with Gasteiger partial charge in [0, 0.05) is 25.1 Å². The van der Waals surface area contributed by atoms with E-state index in [9.17, 15) is 14.0 Å². The molecule has 5 nitrogen and oxygen atoms in total. The average molecular weight is 491 g/mol. The van der Waals surface area contributed by atoms with E-state index in [1.807, 2.05) is 69.3 Å². The van der Waals surface area contributed by atoms with Gasteiger partial charge in [0.1, 0.15) is 17.6 Å². The Morgan fingerprint density at radius 2 is 1.72 bits per heavy atom. The van der Waals surface area contributed by atoms with Crippen LogP contribution in [0.15, 0.2) is 72.8 Å². The van der Waals surface area contributed by atoms with Crippen molar-refractivity contribution in [3.63, 3.8) is 0 Å². The highest BCUT2D eigenvalue weighted by Crippen LogP contribution is 2.21. The van der Waals surface area contributed by atoms with Gasteiger partial charge in [0.2, 0.25) is 5.91 Å². The molecule has 2 amide bonds. The van der Waals surface area contributed by atoms with Gasteiger partial charge in [0.15, 0.2) is 6.61 Å². The summed E-state index contributed by atoms with van der Waals surface area (Å²) in [6.45, 7) is 6.13. The number of carbonyl (C=O) groups is 2. The zero-order valence-electron chi connectivity index (χ0n) is 21.3. The molecule has 6 heteroatoms. The van der Waals surface area contributed by atoms with Gasteiger partial charge in [-0.15, -0.1) is 0 Å². The molecule has 190 valence electrons. The molecule has 0 saturated heterocycles. The summed E-state index contributed by atoms with van der Waals surface area (Å²) in [6, 6.07) is 20.8. The molecule has 0 aliphatic heterocycles. The van der Waals surface area contributed by atoms with Crippen molar-refractivity contribution in [2.24, 2.45) is 0 Å². The van der Waals surface area contributed by atoms with Crippen LogP contribution in [0.25, 0.3) is 0 Å². The van der Waals surface area contributed by atoms with Gasteiger partial charge < -0.3 is 15.0 Å². The van der Waals surface area contributed by atoms with Crippen LogP contribution in [-0.2, 0) is 22.6 Å². The molecule has 3 aromatic carbocycles. The number of unbranched alkanes of at least 4 members (excludes halogenated alkanes) is 1. The van der Waals surface area contributed by atoms with E-state index < -0.39 is 11.9 Å². The number of ether oxygens (including phenoxy) is 1. The quantitative estimate of drug-likeness (QED) is 0.347. The molecule has 0 heterocycles. The number of nitrogens with zero attached hydrogens (tertiary/aromatic N) is 1. The number of halogens is 1. The van der Waals surface area contributed by atoms with Crippen molar-refractivity contribution in [1.29, 1.82) is 0 Å². The van der Waals surface area contributed by atoms with Crippen molar-refractivity contribution in [2.75, 3.05) is 13.2 Å². The van der Waals surface area contributed by atoms with E-state index in [-0.39, 0.29) is 25.0 Å². The minimum Gasteiger partial charge on any atom is -0.483 e. The van der Waals surface area contributed by atoms with Gasteiger partial charge in [-0.05, 0) is 49.1 Å². The fourth-order valence-corrected chi connectivity index (χ4v) is 3.96. The molecule has 0 saturated carbocycles. The molecule has 0 radical (unpaired) electrons. The SMILES string of the molecule is CCCCNC(=O)[C@@H](Cc1ccccc1)N(Cc1ccccc1F)C(=O)COc1cc(C)ccc1C. The summed E-state index contributed by atoms with van der Waals surface area (Å²) >= 11 is 0. The Balaban J connectivity index is 1.91. The molecule has 3 aromatic rings. The standard InChI is InChI=1S/C30H35FN2O3/c1-4-5-17-32-30(35)27(19-24-11-7-6-8-12-24)33(20-25-13-9-10-14-26(25)31)29(34)21-36-28-18-22(2)15-16-23(28)3/h6-16,18,27H,4-5,17,19-21H2,1-3H3,(H,32,35)/t27-/m1/s1. The highest BCUT2D eigenvalue weighted by molar-refractivity contribution is 5.88. The zero-order valence-corrected chi connectivity index (χ0v) is 21.3. The van der Waals surface area contributed by atoms with E-state index in [2.05, 4.69) is 5.32 Å². The fourth-order valence-electron chi connectivity index (χ4n) is 3.96. The molecule has 1 atom stereocenters. The lowest BCUT2D eigenvalue weighted by molar-refractivity contribution is -0.142. The molecule has 0 aliphatic rings. The number of nitrogens with one attached hydrogen (secondary N) is 1. The van der Waals surface area contributed by atoms with Crippen molar-refractivity contribution in [2.45, 2.75) is 52.6 Å². The molecule has 0 spiro atoms. The molecule has 0 unspecified atom stereocenters. The third-order valence-electron chi connectivity index (χ3n) is 6.09. The van der Waals surface area contributed by atoms with Crippen LogP contribution in [0.1, 0.15) is 42.0 Å². The van der Waals surface area contributed by atoms with Crippen molar-refractivity contribution < 1.29 is 18.7 Å². The van der Waals surface area contributed by atoms with Crippen molar-refractivity contribution in [3.8, 4) is 5.75 Å². The number of rotatable bonds is 12. The summed E-state index contributed by atoms with van der Waals surface area (Å²) < 4.78 is 20.5. The minimum absolute atomic E-state index is 0.0413. The maximum Gasteiger partial charge on any atom is 0.261 e. The molecule has 36 heavy (non-hydrogen) atoms. The lowest BCUT2D eigenvalue weighted by Crippen LogP contribution is -2.52. The van der Waals surface area contributed by atoms with E-state index in [1.54, 1.807) is 18.2 Å². The van der Waals surface area contributed by atoms with Crippen molar-refractivity contribution >= 4 is 11.8 Å². The van der Waals surface area contributed by atoms with Crippen LogP contribution >= 0.6 is 0 Å². The Bertz CT molecular complexity index is 1150. The largest absolute Gasteiger partial charge is 0.483 e. The van der Waals surface area contributed by atoms with Gasteiger partial charge in [-0.2, -0.15) is 0 Å². The topological polar surface area (TPSA) is 58.6 Å². The summed E-state index contributed by atoms with van der Waals surface area (Å²) in [5.74, 6) is -0.453. The predicted molar refractivity (Wildman–Crippen MR) is 140 cm³/mol. The number of hydrogen-bond donors (Lipinski definition) is 1. The Morgan fingerprint density at radius 1 is 1.00 bits per heavy atom. The van der Waals surface area contributed by atoms with Crippen LogP contribution in [0.2, 0.25) is 0 Å². The molecular weight excluding hydrogens is 455 g/mol. The molecule has 0 fully saturated rings. The van der Waals surface area contributed by atoms with Gasteiger partial charge >= 0.3 is 0 Å². The molecule has 1 N–H and O–H groups in total. The highest BCUT2D eigenvalue weighted by atomic mass is 19.1. The number of benzene rings is 3. The fraction of sp³-hybridized carbons (Fsp3) is 0.333. The molecule has 0 bridgehead atoms. The Morgan fingerprint density at radius 3 is 2.44 bits per heavy atom. The van der Waals surface area contributed by atoms with Crippen LogP contribution in [0.4, 0.5) is 4.39 Å². The first-order chi connectivity index (χ1) is 17.4. The second-order valence-corrected chi connectivity index (χ2v) is 9.02. The minimum atomic E-state index is -0.821. The van der Waals surface area contributed by atoms with Crippen molar-refractivity contribution in [1.82, 2.24) is 10.2 Å². The number of aryl methyl sites for hydroxylation is 2. The van der Waals surface area contributed by atoms with Crippen LogP contribution in [0.3, 0.4) is 0 Å². The first-order valence-corrected chi connectivity index (χ1v) is 12.4. The zero-order chi connectivity index (χ0) is 25.9. The smallest absolute Gasteiger partial charge is 0.261 e. The highest BCUT2D eigenvalue weighted by Gasteiger charge is 2.31. The van der Waals surface area contributed by atoms with E-state index in [0.717, 1.165) is 29.5 Å². The Hall–Kier alpha value is -3.67. The maximum absolute atomic E-state index is 14.6. The number of carbonyl (C=O) groups excluding carboxylic acids is 2. The van der Waals surface area contributed by atoms with Crippen molar-refractivity contribution in [3.05, 3.63) is 101 Å². The second-order valence-electron chi connectivity index (χ2n) is 9.02. The molecule has 0 aromatic heterocycles. The Kier molecular flexibility index (Phi) is 10.0. The number of amides is 2. The van der Waals surface area contributed by atoms with Crippen LogP contribution < -0.4 is 10.1 Å². The first kappa shape index (κ1) is 26.9. The van der Waals surface area contributed by atoms with Gasteiger partial charge in [0.25, 0.3) is 5.91 Å². The van der Waals surface area contributed by atoms with Gasteiger partial charge in [-0.1, -0.05) is 74.0 Å². The third kappa shape index (κ3) is 7.67. The first-order valence-electron chi connectivity index (χ1n) is 12.4. The van der Waals surface area contributed by atoms with E-state index in [4.69, 9.17) is 4.74 Å². The third-order valence-corrected chi connectivity index (χ3v) is 6.09. The molecular formula is C30H35FN2O3. The van der Waals surface area contributed by atoms with Crippen LogP contribution in [0.5, 0.6) is 5.75 Å². The van der Waals surface area contributed by atoms with Gasteiger partial charge in [-0.3, -0.25) is 9.59 Å². The molecule has 0 aliphatic carbocycles. The average Bonchev–Trinajstić information content (AvgIpc) is 2.88. The van der Waals surface area contributed by atoms with E-state index >= 15 is 0 Å². The van der Waals surface area contributed by atoms with E-state index in [0.29, 0.717) is 24.3 Å². The normalized spacial score (nSPS) is 11.6. The summed E-state index contributed by atoms with van der Waals surface area (Å²) in [7, 11) is 0. The lowest BCUT2D eigenvalue weighted by Gasteiger charge is -2.31. The summed E-state index contributed by atoms with van der Waals surface area (Å²) in [5.41, 5.74) is 3.18. The number of hydrogen-bond acceptors (Lipinski definition) is 3. The van der Waals surface area contributed by atoms with E-state index in [1.165, 1.54) is 11.0 Å². The molecule has 3 rings (SSSR count). The van der Waals surface area contributed by atoms with Gasteiger partial charge in [0.05, 0.1) is 0 Å². The van der Waals surface area contributed by atoms with Gasteiger partial charge in [-0.25, -0.2) is 4.39 Å². The van der Waals surface area contributed by atoms with Crippen LogP contribution in [-0.4, -0.2) is 35.9 Å². The monoisotopic (exact) mass is 490 g/mol. The Labute approximate surface area is 213 Å². The second kappa shape index (κ2) is 13.4. The summed E-state index contributed by atoms with van der Waals surface area (Å²) in [4.78, 5) is 28.4. The van der Waals surface area contributed by atoms with Crippen LogP contribution in [0, 0.1) is 19.7 Å².